The molecule has 29 heavy (non-hydrogen) atoms. The number of amides is 1. The van der Waals surface area contributed by atoms with E-state index in [2.05, 4.69) is 5.92 Å². The highest BCUT2D eigenvalue weighted by Gasteiger charge is 2.27. The van der Waals surface area contributed by atoms with Crippen LogP contribution in [0, 0.1) is 19.3 Å². The summed E-state index contributed by atoms with van der Waals surface area (Å²) in [7, 11) is -3.60. The molecule has 5 nitrogen and oxygen atoms in total. The van der Waals surface area contributed by atoms with Crippen molar-refractivity contribution >= 4 is 15.9 Å². The van der Waals surface area contributed by atoms with E-state index in [4.69, 9.17) is 6.42 Å². The molecule has 0 aromatic heterocycles. The second-order valence-corrected chi connectivity index (χ2v) is 9.28. The maximum absolute atomic E-state index is 13.1. The zero-order valence-electron chi connectivity index (χ0n) is 16.7. The van der Waals surface area contributed by atoms with Crippen LogP contribution in [-0.2, 0) is 16.6 Å². The van der Waals surface area contributed by atoms with E-state index in [1.165, 1.54) is 10.4 Å². The minimum absolute atomic E-state index is 0.149. The van der Waals surface area contributed by atoms with E-state index >= 15 is 0 Å². The molecular weight excluding hydrogens is 384 g/mol. The van der Waals surface area contributed by atoms with E-state index in [1.54, 1.807) is 23.1 Å². The van der Waals surface area contributed by atoms with Crippen molar-refractivity contribution in [3.05, 3.63) is 65.2 Å². The van der Waals surface area contributed by atoms with Crippen LogP contribution in [-0.4, -0.2) is 43.2 Å². The van der Waals surface area contributed by atoms with Crippen LogP contribution < -0.4 is 0 Å². The summed E-state index contributed by atoms with van der Waals surface area (Å²) in [6.45, 7) is 3.57. The second-order valence-electron chi connectivity index (χ2n) is 7.34. The van der Waals surface area contributed by atoms with Gasteiger partial charge in [-0.25, -0.2) is 8.42 Å². The van der Waals surface area contributed by atoms with Gasteiger partial charge in [0.2, 0.25) is 10.0 Å². The third kappa shape index (κ3) is 5.06. The molecule has 0 bridgehead atoms. The Morgan fingerprint density at radius 2 is 1.79 bits per heavy atom. The van der Waals surface area contributed by atoms with E-state index in [0.717, 1.165) is 30.4 Å². The topological polar surface area (TPSA) is 57.7 Å². The lowest BCUT2D eigenvalue weighted by molar-refractivity contribution is 0.0765. The average Bonchev–Trinajstić information content (AvgIpc) is 2.75. The number of nitrogens with zero attached hydrogens (tertiary/aromatic N) is 2. The van der Waals surface area contributed by atoms with E-state index in [-0.39, 0.29) is 17.3 Å². The van der Waals surface area contributed by atoms with Gasteiger partial charge in [-0.2, -0.15) is 4.31 Å². The number of rotatable bonds is 6. The summed E-state index contributed by atoms with van der Waals surface area (Å²) < 4.78 is 27.4. The first kappa shape index (κ1) is 21.1. The Labute approximate surface area is 173 Å². The van der Waals surface area contributed by atoms with Gasteiger partial charge in [0.05, 0.1) is 11.4 Å². The van der Waals surface area contributed by atoms with Gasteiger partial charge in [-0.05, 0) is 43.5 Å². The summed E-state index contributed by atoms with van der Waals surface area (Å²) >= 11 is 0. The van der Waals surface area contributed by atoms with E-state index in [1.807, 2.05) is 31.2 Å². The first-order valence-electron chi connectivity index (χ1n) is 9.80. The molecule has 1 fully saturated rings. The van der Waals surface area contributed by atoms with Crippen LogP contribution in [0.1, 0.15) is 40.7 Å². The van der Waals surface area contributed by atoms with Crippen molar-refractivity contribution in [3.63, 3.8) is 0 Å². The first-order chi connectivity index (χ1) is 13.9. The van der Waals surface area contributed by atoms with Crippen LogP contribution in [0.5, 0.6) is 0 Å². The summed E-state index contributed by atoms with van der Waals surface area (Å²) in [5, 5.41) is 0. The quantitative estimate of drug-likeness (QED) is 0.686. The zero-order valence-corrected chi connectivity index (χ0v) is 17.5. The van der Waals surface area contributed by atoms with Gasteiger partial charge >= 0.3 is 0 Å². The number of benzene rings is 2. The number of piperidine rings is 1. The van der Waals surface area contributed by atoms with Gasteiger partial charge in [-0.3, -0.25) is 4.79 Å². The van der Waals surface area contributed by atoms with Crippen molar-refractivity contribution in [3.8, 4) is 12.3 Å². The predicted octanol–water partition coefficient (Wildman–Crippen LogP) is 3.45. The summed E-state index contributed by atoms with van der Waals surface area (Å²) in [6, 6.07) is 14.2. The largest absolute Gasteiger partial charge is 0.323 e. The first-order valence-corrected chi connectivity index (χ1v) is 11.2. The SMILES string of the molecule is C#CCN(Cc1ccc(C)cc1)C(=O)c1cccc(S(=O)(=O)N2CCCCC2)c1. The highest BCUT2D eigenvalue weighted by atomic mass is 32.2. The van der Waals surface area contributed by atoms with Gasteiger partial charge in [-0.15, -0.1) is 6.42 Å². The fourth-order valence-corrected chi connectivity index (χ4v) is 5.01. The molecule has 0 spiro atoms. The molecule has 0 saturated carbocycles. The lowest BCUT2D eigenvalue weighted by Gasteiger charge is -2.26. The van der Waals surface area contributed by atoms with Crippen molar-refractivity contribution in [1.29, 1.82) is 0 Å². The van der Waals surface area contributed by atoms with Gasteiger partial charge in [0.25, 0.3) is 5.91 Å². The summed E-state index contributed by atoms with van der Waals surface area (Å²) in [4.78, 5) is 14.8. The molecule has 1 saturated heterocycles. The molecule has 2 aromatic rings. The minimum Gasteiger partial charge on any atom is -0.323 e. The number of hydrogen-bond donors (Lipinski definition) is 0. The fourth-order valence-electron chi connectivity index (χ4n) is 3.45. The molecule has 0 N–H and O–H groups in total. The number of sulfonamides is 1. The lowest BCUT2D eigenvalue weighted by Crippen LogP contribution is -2.36. The highest BCUT2D eigenvalue weighted by Crippen LogP contribution is 2.22. The molecular formula is C23H26N2O3S. The number of terminal acetylenes is 1. The number of carbonyl (C=O) groups excluding carboxylic acids is 1. The molecule has 1 aliphatic heterocycles. The number of aryl methyl sites for hydroxylation is 1. The fraction of sp³-hybridized carbons (Fsp3) is 0.348. The van der Waals surface area contributed by atoms with Crippen LogP contribution in [0.2, 0.25) is 0 Å². The molecule has 1 amide bonds. The summed E-state index contributed by atoms with van der Waals surface area (Å²) in [5.41, 5.74) is 2.43. The molecule has 1 heterocycles. The van der Waals surface area contributed by atoms with E-state index in [9.17, 15) is 13.2 Å². The maximum atomic E-state index is 13.1. The minimum atomic E-state index is -3.60. The summed E-state index contributed by atoms with van der Waals surface area (Å²) in [6.07, 6.45) is 8.25. The standard InChI is InChI=1S/C23H26N2O3S/c1-3-14-24(18-20-12-10-19(2)11-13-20)23(26)21-8-7-9-22(17-21)29(27,28)25-15-5-4-6-16-25/h1,7-13,17H,4-6,14-16,18H2,2H3. The van der Waals surface area contributed by atoms with Crippen LogP contribution in [0.3, 0.4) is 0 Å². The second kappa shape index (κ2) is 9.25. The highest BCUT2D eigenvalue weighted by molar-refractivity contribution is 7.89. The predicted molar refractivity (Wildman–Crippen MR) is 114 cm³/mol. The van der Waals surface area contributed by atoms with Crippen LogP contribution in [0.4, 0.5) is 0 Å². The number of carbonyl (C=O) groups is 1. The van der Waals surface area contributed by atoms with Crippen LogP contribution >= 0.6 is 0 Å². The molecule has 0 aliphatic carbocycles. The molecule has 0 radical (unpaired) electrons. The molecule has 152 valence electrons. The zero-order chi connectivity index (χ0) is 20.9. The Balaban J connectivity index is 1.84. The van der Waals surface area contributed by atoms with Crippen molar-refractivity contribution in [1.82, 2.24) is 9.21 Å². The molecule has 1 aliphatic rings. The van der Waals surface area contributed by atoms with Crippen LogP contribution in [0.25, 0.3) is 0 Å². The van der Waals surface area contributed by atoms with E-state index in [0.29, 0.717) is 25.2 Å². The van der Waals surface area contributed by atoms with Gasteiger partial charge in [0.1, 0.15) is 0 Å². The smallest absolute Gasteiger partial charge is 0.254 e. The Hall–Kier alpha value is -2.62. The van der Waals surface area contributed by atoms with Crippen molar-refractivity contribution < 1.29 is 13.2 Å². The Morgan fingerprint density at radius 3 is 2.45 bits per heavy atom. The van der Waals surface area contributed by atoms with E-state index < -0.39 is 10.0 Å². The molecule has 6 heteroatoms. The average molecular weight is 411 g/mol. The molecule has 2 aromatic carbocycles. The molecule has 0 unspecified atom stereocenters. The van der Waals surface area contributed by atoms with Crippen molar-refractivity contribution in [2.75, 3.05) is 19.6 Å². The van der Waals surface area contributed by atoms with Crippen molar-refractivity contribution in [2.24, 2.45) is 0 Å². The third-order valence-corrected chi connectivity index (χ3v) is 6.99. The number of hydrogen-bond acceptors (Lipinski definition) is 3. The monoisotopic (exact) mass is 410 g/mol. The Kier molecular flexibility index (Phi) is 6.73. The third-order valence-electron chi connectivity index (χ3n) is 5.10. The Morgan fingerprint density at radius 1 is 1.10 bits per heavy atom. The Bertz CT molecular complexity index is 1000. The van der Waals surface area contributed by atoms with Crippen molar-refractivity contribution in [2.45, 2.75) is 37.6 Å². The lowest BCUT2D eigenvalue weighted by atomic mass is 10.1. The van der Waals surface area contributed by atoms with Gasteiger partial charge in [-0.1, -0.05) is 48.2 Å². The normalized spacial score (nSPS) is 14.9. The maximum Gasteiger partial charge on any atom is 0.254 e. The van der Waals surface area contributed by atoms with Gasteiger partial charge < -0.3 is 4.90 Å². The van der Waals surface area contributed by atoms with Gasteiger partial charge in [0.15, 0.2) is 0 Å². The van der Waals surface area contributed by atoms with Gasteiger partial charge in [0, 0.05) is 25.2 Å². The summed E-state index contributed by atoms with van der Waals surface area (Å²) in [5.74, 6) is 2.25. The van der Waals surface area contributed by atoms with Crippen LogP contribution in [0.15, 0.2) is 53.4 Å². The molecule has 0 atom stereocenters. The molecule has 3 rings (SSSR count).